The van der Waals surface area contributed by atoms with Gasteiger partial charge in [-0.05, 0) is 60.8 Å². The van der Waals surface area contributed by atoms with E-state index in [1.165, 1.54) is 63.9 Å². The van der Waals surface area contributed by atoms with Gasteiger partial charge in [-0.15, -0.1) is 22.7 Å². The van der Waals surface area contributed by atoms with Crippen molar-refractivity contribution in [1.29, 1.82) is 0 Å². The summed E-state index contributed by atoms with van der Waals surface area (Å²) < 4.78 is 24.4. The molecule has 0 N–H and O–H groups in total. The van der Waals surface area contributed by atoms with Crippen molar-refractivity contribution in [3.05, 3.63) is 32.7 Å². The highest BCUT2D eigenvalue weighted by Gasteiger charge is 2.33. The fourth-order valence-corrected chi connectivity index (χ4v) is 9.30. The largest absolute Gasteiger partial charge is 0.492 e. The minimum atomic E-state index is -0.180. The second kappa shape index (κ2) is 8.65. The smallest absolute Gasteiger partial charge is 0.172 e. The second-order valence-corrected chi connectivity index (χ2v) is 14.6. The lowest BCUT2D eigenvalue weighted by atomic mass is 9.83. The van der Waals surface area contributed by atoms with Crippen molar-refractivity contribution in [1.82, 2.24) is 8.75 Å². The van der Waals surface area contributed by atoms with Gasteiger partial charge in [0, 0.05) is 35.5 Å². The maximum Gasteiger partial charge on any atom is 0.172 e. The van der Waals surface area contributed by atoms with Crippen molar-refractivity contribution in [3.63, 3.8) is 0 Å². The van der Waals surface area contributed by atoms with Crippen LogP contribution >= 0.6 is 34.4 Å². The van der Waals surface area contributed by atoms with Crippen molar-refractivity contribution in [2.75, 3.05) is 14.2 Å². The third-order valence-corrected chi connectivity index (χ3v) is 11.2. The topological polar surface area (TPSA) is 44.2 Å². The Balaban J connectivity index is 1.93. The molecule has 3 heterocycles. The molecule has 196 valence electrons. The van der Waals surface area contributed by atoms with Gasteiger partial charge in [0.2, 0.25) is 0 Å². The molecule has 0 aliphatic heterocycles. The van der Waals surface area contributed by atoms with Crippen LogP contribution in [-0.4, -0.2) is 23.0 Å². The Kier molecular flexibility index (Phi) is 6.17. The maximum absolute atomic E-state index is 6.10. The van der Waals surface area contributed by atoms with Crippen LogP contribution in [0.5, 0.6) is 11.5 Å². The van der Waals surface area contributed by atoms with E-state index in [0.717, 1.165) is 33.7 Å². The summed E-state index contributed by atoms with van der Waals surface area (Å²) in [5, 5.41) is 2.77. The summed E-state index contributed by atoms with van der Waals surface area (Å²) in [6.07, 6.45) is 0. The average molecular weight is 553 g/mol. The molecule has 5 aromatic rings. The molecule has 37 heavy (non-hydrogen) atoms. The molecule has 0 atom stereocenters. The molecule has 2 aromatic carbocycles. The van der Waals surface area contributed by atoms with E-state index in [4.69, 9.17) is 18.2 Å². The number of ether oxygens (including phenoxy) is 2. The summed E-state index contributed by atoms with van der Waals surface area (Å²) >= 11 is 5.06. The Morgan fingerprint density at radius 3 is 1.70 bits per heavy atom. The SMILES string of the molecule is COc1c(OC)c(C(C)(C)C)c2nsnc2c1-c1sc2c(C)c3c(C)c(C(C)(C)C)sc3c(C)c2c1C. The summed E-state index contributed by atoms with van der Waals surface area (Å²) in [6.45, 7) is 22.6. The Morgan fingerprint density at radius 1 is 0.622 bits per heavy atom. The third-order valence-electron chi connectivity index (χ3n) is 7.41. The molecular weight excluding hydrogens is 517 g/mol. The number of fused-ring (bicyclic) bond motifs is 3. The molecule has 0 aliphatic carbocycles. The lowest BCUT2D eigenvalue weighted by Gasteiger charge is -2.25. The summed E-state index contributed by atoms with van der Waals surface area (Å²) in [6, 6.07) is 0. The monoisotopic (exact) mass is 552 g/mol. The van der Waals surface area contributed by atoms with Crippen molar-refractivity contribution in [3.8, 4) is 21.9 Å². The first kappa shape index (κ1) is 26.4. The van der Waals surface area contributed by atoms with E-state index in [0.29, 0.717) is 0 Å². The van der Waals surface area contributed by atoms with Gasteiger partial charge in [0.1, 0.15) is 11.0 Å². The fourth-order valence-electron chi connectivity index (χ4n) is 5.89. The van der Waals surface area contributed by atoms with Crippen molar-refractivity contribution >= 4 is 65.6 Å². The van der Waals surface area contributed by atoms with Crippen LogP contribution in [0.2, 0.25) is 0 Å². The zero-order chi connectivity index (χ0) is 27.2. The van der Waals surface area contributed by atoms with E-state index < -0.39 is 0 Å². The highest BCUT2D eigenvalue weighted by molar-refractivity contribution is 7.23. The highest BCUT2D eigenvalue weighted by Crippen LogP contribution is 2.55. The highest BCUT2D eigenvalue weighted by atomic mass is 32.1. The van der Waals surface area contributed by atoms with Crippen LogP contribution in [0.1, 0.15) is 74.2 Å². The molecule has 0 saturated heterocycles. The van der Waals surface area contributed by atoms with E-state index in [1.54, 1.807) is 14.2 Å². The Bertz CT molecular complexity index is 1710. The van der Waals surface area contributed by atoms with Gasteiger partial charge in [0.05, 0.1) is 31.5 Å². The molecule has 0 fully saturated rings. The molecule has 0 bridgehead atoms. The average Bonchev–Trinajstić information content (AvgIpc) is 3.50. The molecule has 0 radical (unpaired) electrons. The van der Waals surface area contributed by atoms with Crippen molar-refractivity contribution in [2.45, 2.75) is 80.1 Å². The van der Waals surface area contributed by atoms with Crippen LogP contribution in [0.3, 0.4) is 0 Å². The first-order valence-corrected chi connectivity index (χ1v) is 15.0. The zero-order valence-electron chi connectivity index (χ0n) is 23.9. The van der Waals surface area contributed by atoms with Gasteiger partial charge in [0.15, 0.2) is 11.5 Å². The number of thiophene rings is 2. The molecule has 4 nitrogen and oxygen atoms in total. The molecule has 0 amide bonds. The predicted octanol–water partition coefficient (Wildman–Crippen LogP) is 9.63. The molecule has 0 saturated carbocycles. The quantitative estimate of drug-likeness (QED) is 0.223. The third kappa shape index (κ3) is 3.72. The van der Waals surface area contributed by atoms with E-state index in [2.05, 4.69) is 69.2 Å². The fraction of sp³-hybridized carbons (Fsp3) is 0.467. The van der Waals surface area contributed by atoms with Gasteiger partial charge < -0.3 is 9.47 Å². The zero-order valence-corrected chi connectivity index (χ0v) is 26.4. The van der Waals surface area contributed by atoms with Crippen molar-refractivity contribution < 1.29 is 9.47 Å². The number of nitrogens with zero attached hydrogens (tertiary/aromatic N) is 2. The van der Waals surface area contributed by atoms with E-state index in [-0.39, 0.29) is 10.8 Å². The number of hydrogen-bond acceptors (Lipinski definition) is 7. The minimum Gasteiger partial charge on any atom is -0.492 e. The number of benzene rings is 2. The van der Waals surface area contributed by atoms with Gasteiger partial charge in [-0.1, -0.05) is 41.5 Å². The molecule has 5 rings (SSSR count). The lowest BCUT2D eigenvalue weighted by molar-refractivity contribution is 0.347. The molecule has 7 heteroatoms. The first-order chi connectivity index (χ1) is 17.2. The molecule has 3 aromatic heterocycles. The van der Waals surface area contributed by atoms with Gasteiger partial charge in [-0.3, -0.25) is 0 Å². The normalized spacial score (nSPS) is 12.9. The Hall–Kier alpha value is -2.22. The number of aryl methyl sites for hydroxylation is 4. The van der Waals surface area contributed by atoms with Crippen molar-refractivity contribution in [2.24, 2.45) is 0 Å². The summed E-state index contributed by atoms with van der Waals surface area (Å²) in [5.41, 5.74) is 9.19. The van der Waals surface area contributed by atoms with Crippen LogP contribution in [-0.2, 0) is 10.8 Å². The summed E-state index contributed by atoms with van der Waals surface area (Å²) in [4.78, 5) is 2.66. The summed E-state index contributed by atoms with van der Waals surface area (Å²) in [7, 11) is 3.45. The van der Waals surface area contributed by atoms with E-state index in [1.807, 2.05) is 22.7 Å². The Morgan fingerprint density at radius 2 is 1.16 bits per heavy atom. The second-order valence-electron chi connectivity index (χ2n) is 12.0. The van der Waals surface area contributed by atoms with E-state index in [9.17, 15) is 0 Å². The lowest BCUT2D eigenvalue weighted by Crippen LogP contribution is -2.15. The van der Waals surface area contributed by atoms with E-state index >= 15 is 0 Å². The summed E-state index contributed by atoms with van der Waals surface area (Å²) in [5.74, 6) is 1.49. The molecule has 0 aliphatic rings. The number of methoxy groups -OCH3 is 2. The van der Waals surface area contributed by atoms with Gasteiger partial charge >= 0.3 is 0 Å². The number of hydrogen-bond donors (Lipinski definition) is 0. The Labute approximate surface area is 232 Å². The minimum absolute atomic E-state index is 0.127. The molecule has 0 spiro atoms. The maximum atomic E-state index is 6.10. The van der Waals surface area contributed by atoms with Gasteiger partial charge in [-0.25, -0.2) is 0 Å². The standard InChI is InChI=1S/C30H36N2O2S3/c1-13-17-14(2)27(35-25(17)15(3)18-16(4)28(30(8,9)10)36-26(13)18)19-21-22(32-37-31-21)20(29(5,6)7)24(34-12)23(19)33-11/h1-12H3. The van der Waals surface area contributed by atoms with Gasteiger partial charge in [-0.2, -0.15) is 8.75 Å². The predicted molar refractivity (Wildman–Crippen MR) is 163 cm³/mol. The van der Waals surface area contributed by atoms with Crippen LogP contribution in [0.4, 0.5) is 0 Å². The molecule has 0 unspecified atom stereocenters. The first-order valence-electron chi connectivity index (χ1n) is 12.6. The van der Waals surface area contributed by atoms with Gasteiger partial charge in [0.25, 0.3) is 0 Å². The van der Waals surface area contributed by atoms with Crippen LogP contribution < -0.4 is 9.47 Å². The van der Waals surface area contributed by atoms with Crippen LogP contribution in [0.15, 0.2) is 0 Å². The van der Waals surface area contributed by atoms with Crippen LogP contribution in [0, 0.1) is 27.7 Å². The van der Waals surface area contributed by atoms with Crippen LogP contribution in [0.25, 0.3) is 41.6 Å². The number of aromatic nitrogens is 2. The number of rotatable bonds is 3. The molecular formula is C30H36N2O2S3.